The van der Waals surface area contributed by atoms with Crippen LogP contribution in [0.15, 0.2) is 34.7 Å². The number of hydrogen-bond acceptors (Lipinski definition) is 5. The van der Waals surface area contributed by atoms with Crippen LogP contribution in [-0.2, 0) is 15.8 Å². The van der Waals surface area contributed by atoms with Crippen molar-refractivity contribution in [1.29, 1.82) is 0 Å². The van der Waals surface area contributed by atoms with Gasteiger partial charge in [0.2, 0.25) is 21.8 Å². The van der Waals surface area contributed by atoms with E-state index in [0.717, 1.165) is 18.4 Å². The Morgan fingerprint density at radius 3 is 2.45 bits per heavy atom. The molecule has 118 valence electrons. The van der Waals surface area contributed by atoms with Crippen LogP contribution in [0.5, 0.6) is 0 Å². The van der Waals surface area contributed by atoms with Gasteiger partial charge in [0.25, 0.3) is 0 Å². The standard InChI is InChI=1S/C15H19N3O3S/c1-12-16-17-15(21-12)14-7-9-18(10-8-14)22(19,20)11-13-5-3-2-4-6-13/h2-6,14H,7-11H2,1H3. The molecule has 0 unspecified atom stereocenters. The number of rotatable bonds is 4. The van der Waals surface area contributed by atoms with Gasteiger partial charge < -0.3 is 4.42 Å². The Balaban J connectivity index is 1.63. The van der Waals surface area contributed by atoms with Crippen LogP contribution in [-0.4, -0.2) is 36.0 Å². The fourth-order valence-corrected chi connectivity index (χ4v) is 4.30. The molecule has 0 spiro atoms. The molecule has 0 atom stereocenters. The van der Waals surface area contributed by atoms with Gasteiger partial charge in [0, 0.05) is 25.9 Å². The van der Waals surface area contributed by atoms with Gasteiger partial charge in [-0.1, -0.05) is 30.3 Å². The third-order valence-electron chi connectivity index (χ3n) is 3.93. The van der Waals surface area contributed by atoms with Crippen LogP contribution in [0, 0.1) is 6.92 Å². The van der Waals surface area contributed by atoms with Crippen molar-refractivity contribution in [3.63, 3.8) is 0 Å². The molecular formula is C15H19N3O3S. The van der Waals surface area contributed by atoms with E-state index in [2.05, 4.69) is 10.2 Å². The zero-order valence-corrected chi connectivity index (χ0v) is 13.3. The smallest absolute Gasteiger partial charge is 0.219 e. The lowest BCUT2D eigenvalue weighted by Crippen LogP contribution is -2.38. The van der Waals surface area contributed by atoms with Crippen LogP contribution in [0.2, 0.25) is 0 Å². The van der Waals surface area contributed by atoms with E-state index in [1.807, 2.05) is 30.3 Å². The molecule has 22 heavy (non-hydrogen) atoms. The first kappa shape index (κ1) is 15.2. The van der Waals surface area contributed by atoms with Gasteiger partial charge in [-0.05, 0) is 18.4 Å². The molecule has 2 aromatic rings. The number of sulfonamides is 1. The van der Waals surface area contributed by atoms with E-state index in [1.165, 1.54) is 0 Å². The summed E-state index contributed by atoms with van der Waals surface area (Å²) in [7, 11) is -3.27. The number of piperidine rings is 1. The molecule has 0 N–H and O–H groups in total. The van der Waals surface area contributed by atoms with Gasteiger partial charge in [0.1, 0.15) is 0 Å². The molecule has 0 radical (unpaired) electrons. The molecular weight excluding hydrogens is 302 g/mol. The van der Waals surface area contributed by atoms with Crippen molar-refractivity contribution in [3.8, 4) is 0 Å². The number of benzene rings is 1. The van der Waals surface area contributed by atoms with Gasteiger partial charge in [-0.2, -0.15) is 0 Å². The second kappa shape index (κ2) is 6.18. The summed E-state index contributed by atoms with van der Waals surface area (Å²) in [6.45, 7) is 2.76. The summed E-state index contributed by atoms with van der Waals surface area (Å²) < 4.78 is 32.0. The molecule has 0 amide bonds. The molecule has 6 nitrogen and oxygen atoms in total. The van der Waals surface area contributed by atoms with E-state index in [0.29, 0.717) is 24.9 Å². The molecule has 0 saturated carbocycles. The first-order chi connectivity index (χ1) is 10.5. The maximum atomic E-state index is 12.5. The Hall–Kier alpha value is -1.73. The molecule has 1 aromatic carbocycles. The topological polar surface area (TPSA) is 76.3 Å². The quantitative estimate of drug-likeness (QED) is 0.862. The van der Waals surface area contributed by atoms with Gasteiger partial charge in [0.15, 0.2) is 0 Å². The first-order valence-electron chi connectivity index (χ1n) is 7.36. The van der Waals surface area contributed by atoms with Crippen LogP contribution < -0.4 is 0 Å². The molecule has 1 aromatic heterocycles. The lowest BCUT2D eigenvalue weighted by Gasteiger charge is -2.29. The van der Waals surface area contributed by atoms with Crippen LogP contribution >= 0.6 is 0 Å². The molecule has 1 aliphatic heterocycles. The molecule has 2 heterocycles. The average Bonchev–Trinajstić information content (AvgIpc) is 2.95. The van der Waals surface area contributed by atoms with Gasteiger partial charge >= 0.3 is 0 Å². The van der Waals surface area contributed by atoms with Crippen LogP contribution in [0.25, 0.3) is 0 Å². The van der Waals surface area contributed by atoms with Crippen LogP contribution in [0.3, 0.4) is 0 Å². The lowest BCUT2D eigenvalue weighted by atomic mass is 9.98. The molecule has 7 heteroatoms. The zero-order chi connectivity index (χ0) is 15.6. The van der Waals surface area contributed by atoms with Gasteiger partial charge in [-0.3, -0.25) is 0 Å². The first-order valence-corrected chi connectivity index (χ1v) is 8.97. The average molecular weight is 321 g/mol. The highest BCUT2D eigenvalue weighted by molar-refractivity contribution is 7.88. The minimum atomic E-state index is -3.27. The summed E-state index contributed by atoms with van der Waals surface area (Å²) in [5.74, 6) is 1.38. The van der Waals surface area contributed by atoms with Crippen molar-refractivity contribution in [2.24, 2.45) is 0 Å². The fourth-order valence-electron chi connectivity index (χ4n) is 2.73. The Morgan fingerprint density at radius 1 is 1.18 bits per heavy atom. The SMILES string of the molecule is Cc1nnc(C2CCN(S(=O)(=O)Cc3ccccc3)CC2)o1. The highest BCUT2D eigenvalue weighted by Crippen LogP contribution is 2.28. The number of hydrogen-bond donors (Lipinski definition) is 0. The molecule has 1 fully saturated rings. The van der Waals surface area contributed by atoms with E-state index in [4.69, 9.17) is 4.42 Å². The summed E-state index contributed by atoms with van der Waals surface area (Å²) >= 11 is 0. The predicted octanol–water partition coefficient (Wildman–Crippen LogP) is 2.09. The number of aryl methyl sites for hydroxylation is 1. The Labute approximate surface area is 130 Å². The maximum absolute atomic E-state index is 12.5. The second-order valence-electron chi connectivity index (χ2n) is 5.57. The second-order valence-corrected chi connectivity index (χ2v) is 7.54. The summed E-state index contributed by atoms with van der Waals surface area (Å²) in [4.78, 5) is 0. The summed E-state index contributed by atoms with van der Waals surface area (Å²) in [5, 5.41) is 7.88. The monoisotopic (exact) mass is 321 g/mol. The molecule has 0 aliphatic carbocycles. The largest absolute Gasteiger partial charge is 0.425 e. The van der Waals surface area contributed by atoms with Crippen molar-refractivity contribution < 1.29 is 12.8 Å². The predicted molar refractivity (Wildman–Crippen MR) is 81.6 cm³/mol. The van der Waals surface area contributed by atoms with Gasteiger partial charge in [-0.15, -0.1) is 10.2 Å². The summed E-state index contributed by atoms with van der Waals surface area (Å²) in [5.41, 5.74) is 0.817. The van der Waals surface area contributed by atoms with Crippen molar-refractivity contribution in [2.45, 2.75) is 31.4 Å². The molecule has 3 rings (SSSR count). The normalized spacial score (nSPS) is 17.7. The number of nitrogens with zero attached hydrogens (tertiary/aromatic N) is 3. The third-order valence-corrected chi connectivity index (χ3v) is 5.78. The van der Waals surface area contributed by atoms with E-state index < -0.39 is 10.0 Å². The van der Waals surface area contributed by atoms with E-state index in [9.17, 15) is 8.42 Å². The van der Waals surface area contributed by atoms with Crippen molar-refractivity contribution in [2.75, 3.05) is 13.1 Å². The minimum Gasteiger partial charge on any atom is -0.425 e. The highest BCUT2D eigenvalue weighted by Gasteiger charge is 2.30. The van der Waals surface area contributed by atoms with Gasteiger partial charge in [-0.25, -0.2) is 12.7 Å². The van der Waals surface area contributed by atoms with Crippen LogP contribution in [0.4, 0.5) is 0 Å². The summed E-state index contributed by atoms with van der Waals surface area (Å²) in [6.07, 6.45) is 1.44. The van der Waals surface area contributed by atoms with Gasteiger partial charge in [0.05, 0.1) is 5.75 Å². The Kier molecular flexibility index (Phi) is 4.26. The van der Waals surface area contributed by atoms with Crippen molar-refractivity contribution in [1.82, 2.24) is 14.5 Å². The van der Waals surface area contributed by atoms with E-state index in [1.54, 1.807) is 11.2 Å². The van der Waals surface area contributed by atoms with Crippen molar-refractivity contribution >= 4 is 10.0 Å². The maximum Gasteiger partial charge on any atom is 0.219 e. The zero-order valence-electron chi connectivity index (χ0n) is 12.5. The highest BCUT2D eigenvalue weighted by atomic mass is 32.2. The molecule has 1 aliphatic rings. The minimum absolute atomic E-state index is 0.0537. The van der Waals surface area contributed by atoms with E-state index >= 15 is 0 Å². The Bertz CT molecular complexity index is 720. The lowest BCUT2D eigenvalue weighted by molar-refractivity contribution is 0.287. The third kappa shape index (κ3) is 3.36. The Morgan fingerprint density at radius 2 is 1.86 bits per heavy atom. The summed E-state index contributed by atoms with van der Waals surface area (Å²) in [6, 6.07) is 9.27. The fraction of sp³-hybridized carbons (Fsp3) is 0.467. The molecule has 1 saturated heterocycles. The van der Waals surface area contributed by atoms with Crippen LogP contribution in [0.1, 0.15) is 36.1 Å². The van der Waals surface area contributed by atoms with E-state index in [-0.39, 0.29) is 11.7 Å². The molecule has 0 bridgehead atoms. The number of aromatic nitrogens is 2. The van der Waals surface area contributed by atoms with Crippen molar-refractivity contribution in [3.05, 3.63) is 47.7 Å².